The van der Waals surface area contributed by atoms with E-state index in [9.17, 15) is 0 Å². The third-order valence-electron chi connectivity index (χ3n) is 1.98. The normalized spacial score (nSPS) is 10.5. The molecule has 3 nitrogen and oxygen atoms in total. The van der Waals surface area contributed by atoms with Crippen LogP contribution in [-0.4, -0.2) is 17.0 Å². The second-order valence-corrected chi connectivity index (χ2v) is 3.37. The van der Waals surface area contributed by atoms with Gasteiger partial charge in [0, 0.05) is 18.4 Å². The van der Waals surface area contributed by atoms with E-state index in [1.165, 1.54) is 0 Å². The van der Waals surface area contributed by atoms with E-state index >= 15 is 0 Å². The van der Waals surface area contributed by atoms with Crippen LogP contribution in [0.15, 0.2) is 6.07 Å². The first-order chi connectivity index (χ1) is 6.17. The van der Waals surface area contributed by atoms with Crippen LogP contribution >= 0.6 is 0 Å². The second-order valence-electron chi connectivity index (χ2n) is 3.37. The van der Waals surface area contributed by atoms with E-state index in [0.717, 1.165) is 23.8 Å². The predicted octanol–water partition coefficient (Wildman–Crippen LogP) is 2.20. The zero-order valence-electron chi connectivity index (χ0n) is 8.76. The highest BCUT2D eigenvalue weighted by atomic mass is 15.1. The van der Waals surface area contributed by atoms with Gasteiger partial charge >= 0.3 is 0 Å². The van der Waals surface area contributed by atoms with E-state index in [1.54, 1.807) is 0 Å². The van der Waals surface area contributed by atoms with Crippen molar-refractivity contribution >= 4 is 5.95 Å². The van der Waals surface area contributed by atoms with Crippen LogP contribution in [0.2, 0.25) is 0 Å². The van der Waals surface area contributed by atoms with E-state index in [2.05, 4.69) is 42.1 Å². The van der Waals surface area contributed by atoms with Gasteiger partial charge in [-0.15, -0.1) is 0 Å². The summed E-state index contributed by atoms with van der Waals surface area (Å²) in [5.41, 5.74) is 2.21. The molecule has 0 atom stereocenters. The number of anilines is 1. The number of rotatable bonds is 3. The van der Waals surface area contributed by atoms with Gasteiger partial charge in [0.15, 0.2) is 0 Å². The molecule has 0 bridgehead atoms. The Bertz CT molecular complexity index is 259. The molecule has 0 radical (unpaired) electrons. The lowest BCUT2D eigenvalue weighted by atomic mass is 10.1. The SMILES string of the molecule is CCc1cc(C(C)C)nc(NC)n1. The summed E-state index contributed by atoms with van der Waals surface area (Å²) < 4.78 is 0. The van der Waals surface area contributed by atoms with Gasteiger partial charge in [0.25, 0.3) is 0 Å². The minimum atomic E-state index is 0.459. The molecule has 72 valence electrons. The summed E-state index contributed by atoms with van der Waals surface area (Å²) in [5, 5.41) is 2.97. The molecule has 0 saturated heterocycles. The summed E-state index contributed by atoms with van der Waals surface area (Å²) in [5.74, 6) is 1.18. The molecular formula is C10H17N3. The second kappa shape index (κ2) is 4.21. The Morgan fingerprint density at radius 3 is 2.54 bits per heavy atom. The van der Waals surface area contributed by atoms with Crippen molar-refractivity contribution in [1.82, 2.24) is 9.97 Å². The van der Waals surface area contributed by atoms with E-state index in [4.69, 9.17) is 0 Å². The Hall–Kier alpha value is -1.12. The van der Waals surface area contributed by atoms with Gasteiger partial charge in [-0.25, -0.2) is 9.97 Å². The average Bonchev–Trinajstić information content (AvgIpc) is 2.16. The summed E-state index contributed by atoms with van der Waals surface area (Å²) in [6, 6.07) is 2.07. The smallest absolute Gasteiger partial charge is 0.222 e. The van der Waals surface area contributed by atoms with Crippen molar-refractivity contribution in [3.8, 4) is 0 Å². The van der Waals surface area contributed by atoms with Crippen molar-refractivity contribution in [2.24, 2.45) is 0 Å². The summed E-state index contributed by atoms with van der Waals surface area (Å²) in [4.78, 5) is 8.71. The van der Waals surface area contributed by atoms with Crippen LogP contribution in [0, 0.1) is 0 Å². The van der Waals surface area contributed by atoms with Gasteiger partial charge in [-0.2, -0.15) is 0 Å². The van der Waals surface area contributed by atoms with Gasteiger partial charge in [0.05, 0.1) is 0 Å². The molecule has 0 aromatic carbocycles. The maximum atomic E-state index is 4.38. The van der Waals surface area contributed by atoms with Gasteiger partial charge in [-0.05, 0) is 18.4 Å². The molecule has 0 aliphatic carbocycles. The van der Waals surface area contributed by atoms with E-state index in [-0.39, 0.29) is 0 Å². The number of aromatic nitrogens is 2. The summed E-state index contributed by atoms with van der Waals surface area (Å²) >= 11 is 0. The minimum absolute atomic E-state index is 0.459. The Kier molecular flexibility index (Phi) is 3.23. The van der Waals surface area contributed by atoms with Gasteiger partial charge in [-0.1, -0.05) is 20.8 Å². The van der Waals surface area contributed by atoms with Crippen LogP contribution in [0.5, 0.6) is 0 Å². The molecule has 0 unspecified atom stereocenters. The molecule has 0 saturated carbocycles. The fourth-order valence-electron chi connectivity index (χ4n) is 1.11. The van der Waals surface area contributed by atoms with Crippen LogP contribution in [0.25, 0.3) is 0 Å². The van der Waals surface area contributed by atoms with Crippen molar-refractivity contribution in [1.29, 1.82) is 0 Å². The Balaban J connectivity index is 3.07. The number of aryl methyl sites for hydroxylation is 1. The van der Waals surface area contributed by atoms with Crippen molar-refractivity contribution in [3.05, 3.63) is 17.5 Å². The molecular weight excluding hydrogens is 162 g/mol. The Morgan fingerprint density at radius 2 is 2.08 bits per heavy atom. The van der Waals surface area contributed by atoms with Crippen LogP contribution in [0.3, 0.4) is 0 Å². The highest BCUT2D eigenvalue weighted by Gasteiger charge is 2.05. The van der Waals surface area contributed by atoms with Crippen LogP contribution in [-0.2, 0) is 6.42 Å². The maximum absolute atomic E-state index is 4.38. The van der Waals surface area contributed by atoms with Crippen molar-refractivity contribution < 1.29 is 0 Å². The van der Waals surface area contributed by atoms with Crippen LogP contribution in [0.4, 0.5) is 5.95 Å². The third kappa shape index (κ3) is 2.41. The lowest BCUT2D eigenvalue weighted by Gasteiger charge is -2.08. The van der Waals surface area contributed by atoms with Gasteiger partial charge < -0.3 is 5.32 Å². The lowest BCUT2D eigenvalue weighted by molar-refractivity contribution is 0.805. The summed E-state index contributed by atoms with van der Waals surface area (Å²) in [7, 11) is 1.85. The molecule has 0 amide bonds. The molecule has 0 aliphatic rings. The summed E-state index contributed by atoms with van der Waals surface area (Å²) in [6.45, 7) is 6.38. The fourth-order valence-corrected chi connectivity index (χ4v) is 1.11. The number of nitrogens with one attached hydrogen (secondary N) is 1. The molecule has 1 heterocycles. The largest absolute Gasteiger partial charge is 0.357 e. The summed E-state index contributed by atoms with van der Waals surface area (Å²) in [6.07, 6.45) is 0.955. The van der Waals surface area contributed by atoms with Crippen molar-refractivity contribution in [2.75, 3.05) is 12.4 Å². The molecule has 1 aromatic heterocycles. The predicted molar refractivity (Wildman–Crippen MR) is 55.0 cm³/mol. The van der Waals surface area contributed by atoms with E-state index < -0.39 is 0 Å². The Morgan fingerprint density at radius 1 is 1.38 bits per heavy atom. The molecule has 1 rings (SSSR count). The molecule has 0 spiro atoms. The quantitative estimate of drug-likeness (QED) is 0.773. The minimum Gasteiger partial charge on any atom is -0.357 e. The monoisotopic (exact) mass is 179 g/mol. The van der Waals surface area contributed by atoms with Crippen molar-refractivity contribution in [3.63, 3.8) is 0 Å². The van der Waals surface area contributed by atoms with Gasteiger partial charge in [0.1, 0.15) is 0 Å². The maximum Gasteiger partial charge on any atom is 0.222 e. The van der Waals surface area contributed by atoms with Gasteiger partial charge in [-0.3, -0.25) is 0 Å². The van der Waals surface area contributed by atoms with Gasteiger partial charge in [0.2, 0.25) is 5.95 Å². The molecule has 0 aliphatic heterocycles. The number of hydrogen-bond acceptors (Lipinski definition) is 3. The molecule has 3 heteroatoms. The molecule has 13 heavy (non-hydrogen) atoms. The van der Waals surface area contributed by atoms with E-state index in [1.807, 2.05) is 7.05 Å². The topological polar surface area (TPSA) is 37.8 Å². The highest BCUT2D eigenvalue weighted by Crippen LogP contribution is 2.14. The van der Waals surface area contributed by atoms with Crippen LogP contribution in [0.1, 0.15) is 38.1 Å². The first-order valence-electron chi connectivity index (χ1n) is 4.73. The lowest BCUT2D eigenvalue weighted by Crippen LogP contribution is -2.04. The fraction of sp³-hybridized carbons (Fsp3) is 0.600. The zero-order chi connectivity index (χ0) is 9.84. The number of hydrogen-bond donors (Lipinski definition) is 1. The Labute approximate surface area is 79.6 Å². The molecule has 1 N–H and O–H groups in total. The highest BCUT2D eigenvalue weighted by molar-refractivity contribution is 5.28. The molecule has 0 fully saturated rings. The zero-order valence-corrected chi connectivity index (χ0v) is 8.76. The number of nitrogens with zero attached hydrogens (tertiary/aromatic N) is 2. The standard InChI is InChI=1S/C10H17N3/c1-5-8-6-9(7(2)3)13-10(11-4)12-8/h6-7H,5H2,1-4H3,(H,11,12,13). The van der Waals surface area contributed by atoms with Crippen LogP contribution < -0.4 is 5.32 Å². The first kappa shape index (κ1) is 9.96. The van der Waals surface area contributed by atoms with Crippen molar-refractivity contribution in [2.45, 2.75) is 33.1 Å². The third-order valence-corrected chi connectivity index (χ3v) is 1.98. The molecule has 1 aromatic rings. The average molecular weight is 179 g/mol. The van der Waals surface area contributed by atoms with E-state index in [0.29, 0.717) is 5.92 Å². The first-order valence-corrected chi connectivity index (χ1v) is 4.73.